The predicted octanol–water partition coefficient (Wildman–Crippen LogP) is 2.61. The van der Waals surface area contributed by atoms with Gasteiger partial charge in [-0.05, 0) is 19.1 Å². The van der Waals surface area contributed by atoms with Gasteiger partial charge in [0.2, 0.25) is 0 Å². The van der Waals surface area contributed by atoms with E-state index >= 15 is 0 Å². The Bertz CT molecular complexity index is 312. The van der Waals surface area contributed by atoms with E-state index in [1.165, 1.54) is 0 Å². The summed E-state index contributed by atoms with van der Waals surface area (Å²) >= 11 is 5.98. The van der Waals surface area contributed by atoms with Gasteiger partial charge in [0.15, 0.2) is 6.29 Å². The Morgan fingerprint density at radius 2 is 2.23 bits per heavy atom. The Hall–Kier alpha value is -1.02. The summed E-state index contributed by atoms with van der Waals surface area (Å²) in [5, 5.41) is 0.619. The van der Waals surface area contributed by atoms with Crippen molar-refractivity contribution in [3.05, 3.63) is 28.8 Å². The van der Waals surface area contributed by atoms with Gasteiger partial charge in [-0.1, -0.05) is 17.7 Å². The fraction of sp³-hybridized carbons (Fsp3) is 0.300. The summed E-state index contributed by atoms with van der Waals surface area (Å²) in [5.74, 6) is 0. The van der Waals surface area contributed by atoms with Crippen molar-refractivity contribution in [1.82, 2.24) is 0 Å². The van der Waals surface area contributed by atoms with E-state index in [4.69, 9.17) is 11.6 Å². The largest absolute Gasteiger partial charge is 0.373 e. The van der Waals surface area contributed by atoms with Crippen LogP contribution in [0.5, 0.6) is 0 Å². The van der Waals surface area contributed by atoms with Crippen molar-refractivity contribution in [2.24, 2.45) is 0 Å². The first-order valence-electron chi connectivity index (χ1n) is 4.15. The van der Waals surface area contributed by atoms with E-state index in [1.54, 1.807) is 18.2 Å². The first kappa shape index (κ1) is 10.1. The average Bonchev–Trinajstić information content (AvgIpc) is 2.16. The molecule has 13 heavy (non-hydrogen) atoms. The molecule has 0 heterocycles. The van der Waals surface area contributed by atoms with Crippen LogP contribution in [0.2, 0.25) is 5.02 Å². The molecule has 0 unspecified atom stereocenters. The van der Waals surface area contributed by atoms with Crippen LogP contribution in [0.3, 0.4) is 0 Å². The zero-order valence-electron chi connectivity index (χ0n) is 7.75. The van der Waals surface area contributed by atoms with E-state index in [0.29, 0.717) is 10.6 Å². The normalized spacial score (nSPS) is 9.77. The molecule has 0 radical (unpaired) electrons. The highest BCUT2D eigenvalue weighted by Crippen LogP contribution is 2.27. The molecule has 0 N–H and O–H groups in total. The molecule has 1 aromatic rings. The quantitative estimate of drug-likeness (QED) is 0.695. The summed E-state index contributed by atoms with van der Waals surface area (Å²) < 4.78 is 0. The highest BCUT2D eigenvalue weighted by atomic mass is 35.5. The van der Waals surface area contributed by atoms with Gasteiger partial charge in [-0.3, -0.25) is 4.79 Å². The lowest BCUT2D eigenvalue weighted by Crippen LogP contribution is -2.17. The topological polar surface area (TPSA) is 20.3 Å². The van der Waals surface area contributed by atoms with E-state index in [0.717, 1.165) is 18.5 Å². The number of hydrogen-bond acceptors (Lipinski definition) is 2. The lowest BCUT2D eigenvalue weighted by Gasteiger charge is -2.19. The average molecular weight is 198 g/mol. The molecule has 0 aliphatic carbocycles. The van der Waals surface area contributed by atoms with Gasteiger partial charge in [0.25, 0.3) is 0 Å². The molecule has 0 aromatic heterocycles. The highest BCUT2D eigenvalue weighted by Gasteiger charge is 2.08. The number of nitrogens with zero attached hydrogens (tertiary/aromatic N) is 1. The fourth-order valence-corrected chi connectivity index (χ4v) is 1.51. The van der Waals surface area contributed by atoms with Crippen molar-refractivity contribution < 1.29 is 4.79 Å². The van der Waals surface area contributed by atoms with Crippen molar-refractivity contribution in [1.29, 1.82) is 0 Å². The second-order valence-electron chi connectivity index (χ2n) is 2.81. The summed E-state index contributed by atoms with van der Waals surface area (Å²) in [7, 11) is 1.91. The van der Waals surface area contributed by atoms with E-state index in [1.807, 2.05) is 18.9 Å². The van der Waals surface area contributed by atoms with Crippen LogP contribution in [-0.4, -0.2) is 19.9 Å². The summed E-state index contributed by atoms with van der Waals surface area (Å²) in [5.41, 5.74) is 1.44. The molecule has 70 valence electrons. The van der Waals surface area contributed by atoms with E-state index in [9.17, 15) is 4.79 Å². The molecule has 0 aliphatic heterocycles. The molecule has 1 rings (SSSR count). The van der Waals surface area contributed by atoms with Gasteiger partial charge in [0, 0.05) is 19.2 Å². The minimum absolute atomic E-state index is 0.619. The SMILES string of the molecule is CCN(C)c1c(Cl)cccc1C=O. The zero-order chi connectivity index (χ0) is 9.84. The van der Waals surface area contributed by atoms with Crippen LogP contribution in [0, 0.1) is 0 Å². The van der Waals surface area contributed by atoms with Crippen LogP contribution in [-0.2, 0) is 0 Å². The monoisotopic (exact) mass is 197 g/mol. The molecule has 0 atom stereocenters. The van der Waals surface area contributed by atoms with Crippen LogP contribution in [0.25, 0.3) is 0 Å². The predicted molar refractivity (Wildman–Crippen MR) is 55.8 cm³/mol. The lowest BCUT2D eigenvalue weighted by atomic mass is 10.2. The summed E-state index contributed by atoms with van der Waals surface area (Å²) in [6.07, 6.45) is 0.827. The van der Waals surface area contributed by atoms with Crippen LogP contribution in [0.4, 0.5) is 5.69 Å². The second-order valence-corrected chi connectivity index (χ2v) is 3.22. The maximum Gasteiger partial charge on any atom is 0.152 e. The highest BCUT2D eigenvalue weighted by molar-refractivity contribution is 6.33. The molecule has 0 saturated heterocycles. The molecule has 0 saturated carbocycles. The molecule has 2 nitrogen and oxygen atoms in total. The Balaban J connectivity index is 3.22. The standard InChI is InChI=1S/C10H12ClNO/c1-3-12(2)10-8(7-13)5-4-6-9(10)11/h4-7H,3H2,1-2H3. The van der Waals surface area contributed by atoms with Gasteiger partial charge >= 0.3 is 0 Å². The Kier molecular flexibility index (Phi) is 3.32. The number of para-hydroxylation sites is 1. The van der Waals surface area contributed by atoms with Crippen molar-refractivity contribution >= 4 is 23.6 Å². The molecule has 0 bridgehead atoms. The maximum atomic E-state index is 10.7. The van der Waals surface area contributed by atoms with Gasteiger partial charge in [0.05, 0.1) is 10.7 Å². The van der Waals surface area contributed by atoms with Gasteiger partial charge in [-0.25, -0.2) is 0 Å². The number of aldehydes is 1. The van der Waals surface area contributed by atoms with Crippen LogP contribution in [0.1, 0.15) is 17.3 Å². The molecule has 0 spiro atoms. The molecule has 0 aliphatic rings. The van der Waals surface area contributed by atoms with E-state index in [2.05, 4.69) is 0 Å². The van der Waals surface area contributed by atoms with Gasteiger partial charge < -0.3 is 4.90 Å². The maximum absolute atomic E-state index is 10.7. The van der Waals surface area contributed by atoms with Crippen molar-refractivity contribution in [3.8, 4) is 0 Å². The molecular weight excluding hydrogens is 186 g/mol. The van der Waals surface area contributed by atoms with E-state index < -0.39 is 0 Å². The second kappa shape index (κ2) is 4.28. The number of halogens is 1. The lowest BCUT2D eigenvalue weighted by molar-refractivity contribution is 0.112. The number of benzene rings is 1. The first-order chi connectivity index (χ1) is 6.20. The number of carbonyl (C=O) groups excluding carboxylic acids is 1. The first-order valence-corrected chi connectivity index (χ1v) is 4.53. The van der Waals surface area contributed by atoms with Crippen molar-refractivity contribution in [3.63, 3.8) is 0 Å². The third kappa shape index (κ3) is 2.01. The Morgan fingerprint density at radius 1 is 1.54 bits per heavy atom. The summed E-state index contributed by atoms with van der Waals surface area (Å²) in [4.78, 5) is 12.7. The van der Waals surface area contributed by atoms with Gasteiger partial charge in [-0.15, -0.1) is 0 Å². The van der Waals surface area contributed by atoms with E-state index in [-0.39, 0.29) is 0 Å². The van der Waals surface area contributed by atoms with Crippen molar-refractivity contribution in [2.75, 3.05) is 18.5 Å². The number of hydrogen-bond donors (Lipinski definition) is 0. The minimum atomic E-state index is 0.619. The number of rotatable bonds is 3. The van der Waals surface area contributed by atoms with Crippen LogP contribution < -0.4 is 4.90 Å². The molecule has 0 fully saturated rings. The summed E-state index contributed by atoms with van der Waals surface area (Å²) in [6, 6.07) is 5.33. The summed E-state index contributed by atoms with van der Waals surface area (Å²) in [6.45, 7) is 2.84. The zero-order valence-corrected chi connectivity index (χ0v) is 8.51. The number of anilines is 1. The van der Waals surface area contributed by atoms with Gasteiger partial charge in [0.1, 0.15) is 0 Å². The smallest absolute Gasteiger partial charge is 0.152 e. The molecule has 0 amide bonds. The minimum Gasteiger partial charge on any atom is -0.373 e. The Morgan fingerprint density at radius 3 is 2.77 bits per heavy atom. The van der Waals surface area contributed by atoms with Gasteiger partial charge in [-0.2, -0.15) is 0 Å². The third-order valence-electron chi connectivity index (χ3n) is 2.00. The third-order valence-corrected chi connectivity index (χ3v) is 2.31. The molecule has 1 aromatic carbocycles. The van der Waals surface area contributed by atoms with Crippen LogP contribution in [0.15, 0.2) is 18.2 Å². The fourth-order valence-electron chi connectivity index (χ4n) is 1.19. The molecular formula is C10H12ClNO. The van der Waals surface area contributed by atoms with Crippen molar-refractivity contribution in [2.45, 2.75) is 6.92 Å². The Labute approximate surface area is 83.1 Å². The van der Waals surface area contributed by atoms with Crippen LogP contribution >= 0.6 is 11.6 Å². The molecule has 3 heteroatoms. The number of carbonyl (C=O) groups is 1.